The first-order valence-electron chi connectivity index (χ1n) is 7.89. The van der Waals surface area contributed by atoms with Gasteiger partial charge in [0, 0.05) is 12.7 Å². The Hall–Kier alpha value is -1.77. The summed E-state index contributed by atoms with van der Waals surface area (Å²) >= 11 is 3.22. The maximum absolute atomic E-state index is 12.9. The van der Waals surface area contributed by atoms with Crippen molar-refractivity contribution < 1.29 is 17.9 Å². The molecule has 1 unspecified atom stereocenters. The second-order valence-corrected chi connectivity index (χ2v) is 8.30. The number of carbonyl (C=O) groups excluding carboxylic acids is 1. The van der Waals surface area contributed by atoms with E-state index in [0.717, 1.165) is 6.42 Å². The van der Waals surface area contributed by atoms with Gasteiger partial charge < -0.3 is 4.74 Å². The highest BCUT2D eigenvalue weighted by Crippen LogP contribution is 2.28. The van der Waals surface area contributed by atoms with Gasteiger partial charge in [0.1, 0.15) is 10.6 Å². The minimum Gasteiger partial charge on any atom is -0.422 e. The molecule has 1 aromatic heterocycles. The normalized spacial score (nSPS) is 18.7. The van der Waals surface area contributed by atoms with Crippen LogP contribution in [0.1, 0.15) is 19.3 Å². The average Bonchev–Trinajstić information content (AvgIpc) is 2.64. The fourth-order valence-electron chi connectivity index (χ4n) is 2.78. The Bertz CT molecular complexity index is 858. The zero-order valence-electron chi connectivity index (χ0n) is 13.3. The SMILES string of the molecule is O=C(Oc1cccnc1Br)C1CCCCN1S(=O)(=O)c1ccccc1. The van der Waals surface area contributed by atoms with Crippen LogP contribution in [0.5, 0.6) is 5.75 Å². The summed E-state index contributed by atoms with van der Waals surface area (Å²) < 4.78 is 32.9. The van der Waals surface area contributed by atoms with E-state index >= 15 is 0 Å². The number of aromatic nitrogens is 1. The Morgan fingerprint density at radius 2 is 1.92 bits per heavy atom. The predicted molar refractivity (Wildman–Crippen MR) is 95.5 cm³/mol. The first kappa shape index (κ1) is 18.0. The van der Waals surface area contributed by atoms with Crippen LogP contribution >= 0.6 is 15.9 Å². The lowest BCUT2D eigenvalue weighted by Crippen LogP contribution is -2.49. The van der Waals surface area contributed by atoms with Crippen LogP contribution in [-0.2, 0) is 14.8 Å². The molecule has 1 atom stereocenters. The molecule has 0 saturated carbocycles. The fourth-order valence-corrected chi connectivity index (χ4v) is 4.78. The zero-order valence-corrected chi connectivity index (χ0v) is 15.7. The van der Waals surface area contributed by atoms with Gasteiger partial charge >= 0.3 is 5.97 Å². The third-order valence-electron chi connectivity index (χ3n) is 4.01. The van der Waals surface area contributed by atoms with Crippen molar-refractivity contribution in [3.63, 3.8) is 0 Å². The summed E-state index contributed by atoms with van der Waals surface area (Å²) in [7, 11) is -3.75. The summed E-state index contributed by atoms with van der Waals surface area (Å²) in [4.78, 5) is 16.8. The molecule has 25 heavy (non-hydrogen) atoms. The van der Waals surface area contributed by atoms with Crippen molar-refractivity contribution in [3.8, 4) is 5.75 Å². The smallest absolute Gasteiger partial charge is 0.329 e. The number of esters is 1. The molecule has 1 aromatic carbocycles. The quantitative estimate of drug-likeness (QED) is 0.556. The molecule has 132 valence electrons. The minimum atomic E-state index is -3.75. The summed E-state index contributed by atoms with van der Waals surface area (Å²) in [5.41, 5.74) is 0. The standard InChI is InChI=1S/C17H17BrN2O4S/c18-16-15(10-6-11-19-16)24-17(21)14-9-4-5-12-20(14)25(22,23)13-7-2-1-3-8-13/h1-3,6-8,10-11,14H,4-5,9,12H2. The summed E-state index contributed by atoms with van der Waals surface area (Å²) in [6.45, 7) is 0.297. The molecule has 0 radical (unpaired) electrons. The van der Waals surface area contributed by atoms with E-state index in [9.17, 15) is 13.2 Å². The van der Waals surface area contributed by atoms with Gasteiger partial charge in [-0.2, -0.15) is 4.31 Å². The van der Waals surface area contributed by atoms with Crippen LogP contribution in [0.25, 0.3) is 0 Å². The molecular weight excluding hydrogens is 408 g/mol. The van der Waals surface area contributed by atoms with E-state index in [1.165, 1.54) is 16.4 Å². The number of benzene rings is 1. The topological polar surface area (TPSA) is 76.6 Å². The molecule has 2 aromatic rings. The number of hydrogen-bond acceptors (Lipinski definition) is 5. The lowest BCUT2D eigenvalue weighted by Gasteiger charge is -2.32. The highest BCUT2D eigenvalue weighted by Gasteiger charge is 2.38. The highest BCUT2D eigenvalue weighted by molar-refractivity contribution is 9.10. The third-order valence-corrected chi connectivity index (χ3v) is 6.53. The summed E-state index contributed by atoms with van der Waals surface area (Å²) in [6.07, 6.45) is 3.48. The van der Waals surface area contributed by atoms with Crippen molar-refractivity contribution in [1.82, 2.24) is 9.29 Å². The largest absolute Gasteiger partial charge is 0.422 e. The van der Waals surface area contributed by atoms with E-state index in [-0.39, 0.29) is 10.6 Å². The molecular formula is C17H17BrN2O4S. The van der Waals surface area contributed by atoms with E-state index in [4.69, 9.17) is 4.74 Å². The number of sulfonamides is 1. The van der Waals surface area contributed by atoms with E-state index in [1.807, 2.05) is 0 Å². The van der Waals surface area contributed by atoms with E-state index in [0.29, 0.717) is 24.0 Å². The van der Waals surface area contributed by atoms with E-state index in [1.54, 1.807) is 36.5 Å². The number of rotatable bonds is 4. The molecule has 8 heteroatoms. The van der Waals surface area contributed by atoms with Crippen LogP contribution in [0, 0.1) is 0 Å². The summed E-state index contributed by atoms with van der Waals surface area (Å²) in [5, 5.41) is 0. The Morgan fingerprint density at radius 3 is 2.64 bits per heavy atom. The third kappa shape index (κ3) is 3.91. The van der Waals surface area contributed by atoms with E-state index in [2.05, 4.69) is 20.9 Å². The number of carbonyl (C=O) groups is 1. The first-order chi connectivity index (χ1) is 12.0. The first-order valence-corrected chi connectivity index (χ1v) is 10.1. The van der Waals surface area contributed by atoms with Gasteiger partial charge in [-0.15, -0.1) is 0 Å². The second kappa shape index (κ2) is 7.63. The molecule has 0 spiro atoms. The van der Waals surface area contributed by atoms with Gasteiger partial charge in [0.05, 0.1) is 4.90 Å². The van der Waals surface area contributed by atoms with Crippen LogP contribution in [0.4, 0.5) is 0 Å². The number of hydrogen-bond donors (Lipinski definition) is 0. The molecule has 1 saturated heterocycles. The maximum Gasteiger partial charge on any atom is 0.329 e. The molecule has 1 aliphatic heterocycles. The van der Waals surface area contributed by atoms with Crippen molar-refractivity contribution in [1.29, 1.82) is 0 Å². The van der Waals surface area contributed by atoms with Gasteiger partial charge in [-0.3, -0.25) is 0 Å². The monoisotopic (exact) mass is 424 g/mol. The summed E-state index contributed by atoms with van der Waals surface area (Å²) in [6, 6.07) is 10.6. The zero-order chi connectivity index (χ0) is 17.9. The van der Waals surface area contributed by atoms with Crippen LogP contribution in [0.3, 0.4) is 0 Å². The van der Waals surface area contributed by atoms with Crippen molar-refractivity contribution in [3.05, 3.63) is 53.3 Å². The number of halogens is 1. The van der Waals surface area contributed by atoms with Crippen molar-refractivity contribution >= 4 is 31.9 Å². The second-order valence-electron chi connectivity index (χ2n) is 5.65. The lowest BCUT2D eigenvalue weighted by atomic mass is 10.1. The van der Waals surface area contributed by atoms with Crippen LogP contribution in [0.15, 0.2) is 58.2 Å². The Labute approximate surface area is 155 Å². The average molecular weight is 425 g/mol. The van der Waals surface area contributed by atoms with Gasteiger partial charge in [0.15, 0.2) is 5.75 Å². The molecule has 0 aliphatic carbocycles. The molecule has 1 aliphatic rings. The van der Waals surface area contributed by atoms with Crippen molar-refractivity contribution in [2.24, 2.45) is 0 Å². The van der Waals surface area contributed by atoms with Gasteiger partial charge in [0.2, 0.25) is 10.0 Å². The Kier molecular flexibility index (Phi) is 5.51. The van der Waals surface area contributed by atoms with Crippen molar-refractivity contribution in [2.75, 3.05) is 6.54 Å². The fraction of sp³-hybridized carbons (Fsp3) is 0.294. The molecule has 2 heterocycles. The minimum absolute atomic E-state index is 0.178. The highest BCUT2D eigenvalue weighted by atomic mass is 79.9. The van der Waals surface area contributed by atoms with Crippen molar-refractivity contribution in [2.45, 2.75) is 30.2 Å². The van der Waals surface area contributed by atoms with Crippen LogP contribution in [0.2, 0.25) is 0 Å². The number of nitrogens with zero attached hydrogens (tertiary/aromatic N) is 2. The van der Waals surface area contributed by atoms with Crippen LogP contribution in [-0.4, -0.2) is 36.3 Å². The predicted octanol–water partition coefficient (Wildman–Crippen LogP) is 2.99. The maximum atomic E-state index is 12.9. The molecule has 3 rings (SSSR count). The number of piperidine rings is 1. The molecule has 0 amide bonds. The Balaban J connectivity index is 1.86. The van der Waals surface area contributed by atoms with Crippen LogP contribution < -0.4 is 4.74 Å². The van der Waals surface area contributed by atoms with Gasteiger partial charge in [-0.05, 0) is 59.5 Å². The van der Waals surface area contributed by atoms with Gasteiger partial charge in [0.25, 0.3) is 0 Å². The molecule has 0 N–H and O–H groups in total. The number of ether oxygens (including phenoxy) is 1. The molecule has 1 fully saturated rings. The molecule has 6 nitrogen and oxygen atoms in total. The summed E-state index contributed by atoms with van der Waals surface area (Å²) in [5.74, 6) is -0.317. The van der Waals surface area contributed by atoms with Gasteiger partial charge in [-0.25, -0.2) is 18.2 Å². The lowest BCUT2D eigenvalue weighted by molar-refractivity contribution is -0.139. The van der Waals surface area contributed by atoms with Gasteiger partial charge in [-0.1, -0.05) is 18.2 Å². The number of pyridine rings is 1. The Morgan fingerprint density at radius 1 is 1.16 bits per heavy atom. The van der Waals surface area contributed by atoms with E-state index < -0.39 is 22.0 Å². The molecule has 0 bridgehead atoms.